The van der Waals surface area contributed by atoms with E-state index < -0.39 is 26.5 Å². The van der Waals surface area contributed by atoms with Gasteiger partial charge in [-0.05, 0) is 44.9 Å². The fraction of sp³-hybridized carbons (Fsp3) is 0.533. The molecular formula is C30H48NO8P. The highest BCUT2D eigenvalue weighted by Crippen LogP contribution is 2.42. The van der Waals surface area contributed by atoms with Gasteiger partial charge in [-0.15, -0.1) is 0 Å². The molecule has 0 fully saturated rings. The van der Waals surface area contributed by atoms with Gasteiger partial charge in [0.1, 0.15) is 12.7 Å². The van der Waals surface area contributed by atoms with Crippen LogP contribution in [0.1, 0.15) is 71.6 Å². The highest BCUT2D eigenvalue weighted by atomic mass is 31.2. The van der Waals surface area contributed by atoms with Gasteiger partial charge in [0, 0.05) is 19.4 Å². The number of rotatable bonds is 24. The lowest BCUT2D eigenvalue weighted by atomic mass is 10.2. The first-order valence-electron chi connectivity index (χ1n) is 13.9. The second-order valence-electron chi connectivity index (χ2n) is 8.59. The maximum atomic E-state index is 11.8. The summed E-state index contributed by atoms with van der Waals surface area (Å²) in [4.78, 5) is 32.5. The Morgan fingerprint density at radius 3 is 1.77 bits per heavy atom. The average Bonchev–Trinajstić information content (AvgIpc) is 2.94. The molecule has 3 N–H and O–H groups in total. The van der Waals surface area contributed by atoms with Gasteiger partial charge in [-0.25, -0.2) is 4.57 Å². The average molecular weight is 582 g/mol. The molecule has 0 radical (unpaired) electrons. The van der Waals surface area contributed by atoms with Crippen LogP contribution in [-0.4, -0.2) is 54.3 Å². The molecule has 0 aromatic heterocycles. The van der Waals surface area contributed by atoms with Crippen LogP contribution in [0.2, 0.25) is 0 Å². The molecule has 226 valence electrons. The van der Waals surface area contributed by atoms with Crippen LogP contribution in [0.4, 0.5) is 0 Å². The first-order chi connectivity index (χ1) is 19.3. The normalized spacial score (nSPS) is 14.8. The van der Waals surface area contributed by atoms with E-state index in [2.05, 4.69) is 77.5 Å². The zero-order valence-corrected chi connectivity index (χ0v) is 24.9. The summed E-state index contributed by atoms with van der Waals surface area (Å²) in [5.74, 6) is -0.705. The van der Waals surface area contributed by atoms with E-state index in [0.29, 0.717) is 6.42 Å². The van der Waals surface area contributed by atoms with E-state index in [9.17, 15) is 24.2 Å². The Kier molecular flexibility index (Phi) is 25.0. The van der Waals surface area contributed by atoms with Gasteiger partial charge < -0.3 is 20.1 Å². The third-order valence-electron chi connectivity index (χ3n) is 4.97. The molecule has 0 spiro atoms. The van der Waals surface area contributed by atoms with Crippen molar-refractivity contribution in [3.63, 3.8) is 0 Å². The Bertz CT molecular complexity index is 892. The van der Waals surface area contributed by atoms with E-state index in [1.54, 1.807) is 6.92 Å². The number of hydrogen-bond acceptors (Lipinski definition) is 7. The summed E-state index contributed by atoms with van der Waals surface area (Å²) >= 11 is 0. The van der Waals surface area contributed by atoms with E-state index in [-0.39, 0.29) is 38.5 Å². The van der Waals surface area contributed by atoms with Crippen molar-refractivity contribution in [1.82, 2.24) is 5.32 Å². The number of aliphatic hydroxyl groups is 1. The fourth-order valence-electron chi connectivity index (χ4n) is 2.85. The maximum Gasteiger partial charge on any atom is 0.472 e. The minimum atomic E-state index is -4.40. The van der Waals surface area contributed by atoms with Crippen LogP contribution in [0.15, 0.2) is 72.9 Å². The largest absolute Gasteiger partial charge is 0.472 e. The van der Waals surface area contributed by atoms with E-state index >= 15 is 0 Å². The Morgan fingerprint density at radius 2 is 1.27 bits per heavy atom. The predicted octanol–water partition coefficient (Wildman–Crippen LogP) is 6.03. The van der Waals surface area contributed by atoms with Crippen molar-refractivity contribution >= 4 is 19.7 Å². The van der Waals surface area contributed by atoms with Crippen LogP contribution in [0, 0.1) is 0 Å². The summed E-state index contributed by atoms with van der Waals surface area (Å²) in [5.41, 5.74) is 0. The summed E-state index contributed by atoms with van der Waals surface area (Å²) in [6.45, 7) is 2.65. The van der Waals surface area contributed by atoms with Gasteiger partial charge in [-0.1, -0.05) is 86.8 Å². The molecule has 0 saturated heterocycles. The number of aliphatic hydroxyl groups excluding tert-OH is 1. The molecule has 0 aliphatic heterocycles. The van der Waals surface area contributed by atoms with Crippen LogP contribution in [0.5, 0.6) is 0 Å². The van der Waals surface area contributed by atoms with E-state index in [0.717, 1.165) is 38.5 Å². The minimum absolute atomic E-state index is 0.0349. The van der Waals surface area contributed by atoms with Gasteiger partial charge in [-0.2, -0.15) is 0 Å². The van der Waals surface area contributed by atoms with E-state index in [1.165, 1.54) is 0 Å². The van der Waals surface area contributed by atoms with Crippen molar-refractivity contribution in [3.05, 3.63) is 72.9 Å². The summed E-state index contributed by atoms with van der Waals surface area (Å²) in [6.07, 6.45) is 30.9. The highest BCUT2D eigenvalue weighted by molar-refractivity contribution is 7.47. The minimum Gasteiger partial charge on any atom is -0.463 e. The number of amides is 1. The number of carbonyl (C=O) groups is 2. The van der Waals surface area contributed by atoms with Crippen LogP contribution >= 0.6 is 7.82 Å². The molecule has 10 heteroatoms. The quantitative estimate of drug-likeness (QED) is 0.0545. The van der Waals surface area contributed by atoms with Crippen molar-refractivity contribution in [3.8, 4) is 0 Å². The molecule has 0 aliphatic carbocycles. The number of phosphoric ester groups is 1. The van der Waals surface area contributed by atoms with Gasteiger partial charge in [0.25, 0.3) is 0 Å². The van der Waals surface area contributed by atoms with Crippen LogP contribution in [0.3, 0.4) is 0 Å². The molecule has 0 rings (SSSR count). The fourth-order valence-corrected chi connectivity index (χ4v) is 3.61. The molecule has 2 atom stereocenters. The summed E-state index contributed by atoms with van der Waals surface area (Å²) < 4.78 is 25.9. The van der Waals surface area contributed by atoms with E-state index in [4.69, 9.17) is 9.26 Å². The van der Waals surface area contributed by atoms with Gasteiger partial charge in [0.2, 0.25) is 5.91 Å². The number of ether oxygens (including phenoxy) is 1. The van der Waals surface area contributed by atoms with Crippen LogP contribution in [0.25, 0.3) is 0 Å². The summed E-state index contributed by atoms with van der Waals surface area (Å²) in [5, 5.41) is 12.2. The smallest absolute Gasteiger partial charge is 0.463 e. The molecule has 0 bridgehead atoms. The second-order valence-corrected chi connectivity index (χ2v) is 10.0. The van der Waals surface area contributed by atoms with Gasteiger partial charge in [0.05, 0.1) is 13.2 Å². The lowest BCUT2D eigenvalue weighted by Crippen LogP contribution is -2.27. The van der Waals surface area contributed by atoms with Gasteiger partial charge >= 0.3 is 13.8 Å². The number of phosphoric acid groups is 1. The molecule has 0 aromatic carbocycles. The standard InChI is InChI=1S/C30H48NO8P/c1-3-5-6-7-8-9-10-11-12-13-14-15-16-17-18-19-20-21-22-23-29(33)31-24-25-38-40(35,36)39-27-28(32)26-37-30(34)4-2/h5-6,8-9,11-12,14-15,17-18,20-21,28,32H,3-4,7,10,13,16,19,22-27H2,1-2H3,(H,31,33)(H,35,36)/b6-5-,9-8-,12-11-,15-14-,18-17-,21-20-. The number of carbonyl (C=O) groups excluding carboxylic acids is 2. The van der Waals surface area contributed by atoms with E-state index in [1.807, 2.05) is 12.2 Å². The third-order valence-corrected chi connectivity index (χ3v) is 5.95. The molecule has 9 nitrogen and oxygen atoms in total. The number of allylic oxidation sites excluding steroid dienone is 12. The summed E-state index contributed by atoms with van der Waals surface area (Å²) in [7, 11) is -4.40. The number of nitrogens with one attached hydrogen (secondary N) is 1. The molecule has 0 heterocycles. The van der Waals surface area contributed by atoms with Crippen LogP contribution < -0.4 is 5.32 Å². The SMILES string of the molecule is CC/C=C\C/C=C\C/C=C\C/C=C\C/C=C\C/C=C\CCC(=O)NCCOP(=O)(O)OCC(O)COC(=O)CC. The molecule has 1 amide bonds. The van der Waals surface area contributed by atoms with Crippen molar-refractivity contribution in [1.29, 1.82) is 0 Å². The Morgan fingerprint density at radius 1 is 0.775 bits per heavy atom. The first kappa shape index (κ1) is 37.5. The lowest BCUT2D eigenvalue weighted by molar-refractivity contribution is -0.146. The summed E-state index contributed by atoms with van der Waals surface area (Å²) in [6, 6.07) is 0. The maximum absolute atomic E-state index is 11.8. The molecular weight excluding hydrogens is 533 g/mol. The Hall–Kier alpha value is -2.55. The lowest BCUT2D eigenvalue weighted by Gasteiger charge is -2.15. The first-order valence-corrected chi connectivity index (χ1v) is 15.4. The molecule has 0 aromatic rings. The zero-order chi connectivity index (χ0) is 29.7. The topological polar surface area (TPSA) is 131 Å². The van der Waals surface area contributed by atoms with Crippen molar-refractivity contribution in [2.75, 3.05) is 26.4 Å². The van der Waals surface area contributed by atoms with Gasteiger partial charge in [0.15, 0.2) is 0 Å². The van der Waals surface area contributed by atoms with Crippen molar-refractivity contribution in [2.24, 2.45) is 0 Å². The number of hydrogen-bond donors (Lipinski definition) is 3. The molecule has 40 heavy (non-hydrogen) atoms. The molecule has 0 aliphatic rings. The second kappa shape index (κ2) is 26.7. The van der Waals surface area contributed by atoms with Crippen LogP contribution in [-0.2, 0) is 27.9 Å². The molecule has 0 saturated carbocycles. The zero-order valence-electron chi connectivity index (χ0n) is 24.0. The van der Waals surface area contributed by atoms with Gasteiger partial charge in [-0.3, -0.25) is 18.6 Å². The molecule has 2 unspecified atom stereocenters. The Labute approximate surface area is 240 Å². The monoisotopic (exact) mass is 581 g/mol. The predicted molar refractivity (Wildman–Crippen MR) is 159 cm³/mol. The van der Waals surface area contributed by atoms with Crippen molar-refractivity contribution in [2.45, 2.75) is 77.7 Å². The Balaban J connectivity index is 3.76. The van der Waals surface area contributed by atoms with Crippen molar-refractivity contribution < 1.29 is 37.9 Å². The third kappa shape index (κ3) is 27.0. The highest BCUT2D eigenvalue weighted by Gasteiger charge is 2.23. The number of esters is 1.